The first-order chi connectivity index (χ1) is 9.25. The van der Waals surface area contributed by atoms with E-state index in [0.29, 0.717) is 11.6 Å². The Hall–Kier alpha value is -2.04. The summed E-state index contributed by atoms with van der Waals surface area (Å²) >= 11 is 0. The zero-order chi connectivity index (χ0) is 13.2. The fourth-order valence-electron chi connectivity index (χ4n) is 2.71. The van der Waals surface area contributed by atoms with E-state index in [1.165, 1.54) is 12.5 Å². The molecule has 0 radical (unpaired) electrons. The number of amides is 1. The normalized spacial score (nSPS) is 19.6. The van der Waals surface area contributed by atoms with Gasteiger partial charge >= 0.3 is 0 Å². The van der Waals surface area contributed by atoms with E-state index < -0.39 is 0 Å². The van der Waals surface area contributed by atoms with Crippen LogP contribution in [0.2, 0.25) is 0 Å². The van der Waals surface area contributed by atoms with E-state index in [2.05, 4.69) is 9.55 Å². The Kier molecular flexibility index (Phi) is 3.11. The third-order valence-electron chi connectivity index (χ3n) is 3.71. The van der Waals surface area contributed by atoms with Crippen LogP contribution in [0.1, 0.15) is 35.1 Å². The third-order valence-corrected chi connectivity index (χ3v) is 3.71. The highest BCUT2D eigenvalue weighted by molar-refractivity contribution is 5.93. The van der Waals surface area contributed by atoms with Gasteiger partial charge < -0.3 is 13.9 Å². The number of carbonyl (C=O) groups is 1. The van der Waals surface area contributed by atoms with Crippen molar-refractivity contribution in [3.63, 3.8) is 0 Å². The Bertz CT molecular complexity index is 559. The van der Waals surface area contributed by atoms with Crippen LogP contribution in [0.4, 0.5) is 0 Å². The minimum Gasteiger partial charge on any atom is -0.472 e. The Morgan fingerprint density at radius 2 is 2.42 bits per heavy atom. The monoisotopic (exact) mass is 259 g/mol. The van der Waals surface area contributed by atoms with E-state index in [-0.39, 0.29) is 5.91 Å². The Labute approximate surface area is 111 Å². The lowest BCUT2D eigenvalue weighted by Crippen LogP contribution is -2.40. The molecule has 1 saturated heterocycles. The van der Waals surface area contributed by atoms with Gasteiger partial charge in [0.15, 0.2) is 0 Å². The largest absolute Gasteiger partial charge is 0.472 e. The number of carbonyl (C=O) groups excluding carboxylic acids is 1. The molecule has 1 fully saturated rings. The van der Waals surface area contributed by atoms with Crippen LogP contribution in [-0.4, -0.2) is 33.4 Å². The summed E-state index contributed by atoms with van der Waals surface area (Å²) in [5, 5.41) is 0. The van der Waals surface area contributed by atoms with Crippen molar-refractivity contribution in [3.05, 3.63) is 42.4 Å². The van der Waals surface area contributed by atoms with Crippen molar-refractivity contribution in [3.8, 4) is 0 Å². The van der Waals surface area contributed by atoms with Crippen LogP contribution in [0.5, 0.6) is 0 Å². The Morgan fingerprint density at radius 1 is 1.53 bits per heavy atom. The van der Waals surface area contributed by atoms with Crippen molar-refractivity contribution < 1.29 is 9.21 Å². The average Bonchev–Trinajstić information content (AvgIpc) is 3.09. The molecule has 5 nitrogen and oxygen atoms in total. The summed E-state index contributed by atoms with van der Waals surface area (Å²) in [6.07, 6.45) is 8.96. The molecule has 0 unspecified atom stereocenters. The molecule has 100 valence electrons. The molecule has 2 aromatic heterocycles. The van der Waals surface area contributed by atoms with E-state index in [1.807, 2.05) is 24.2 Å². The van der Waals surface area contributed by atoms with Gasteiger partial charge in [0, 0.05) is 25.5 Å². The summed E-state index contributed by atoms with van der Waals surface area (Å²) in [6, 6.07) is 2.04. The summed E-state index contributed by atoms with van der Waals surface area (Å²) in [7, 11) is 0. The highest BCUT2D eigenvalue weighted by Gasteiger charge is 2.26. The van der Waals surface area contributed by atoms with Gasteiger partial charge in [0.05, 0.1) is 17.9 Å². The predicted molar refractivity (Wildman–Crippen MR) is 69.8 cm³/mol. The lowest BCUT2D eigenvalue weighted by Gasteiger charge is -2.33. The number of rotatable bonds is 2. The lowest BCUT2D eigenvalue weighted by atomic mass is 10.0. The van der Waals surface area contributed by atoms with Gasteiger partial charge in [0.1, 0.15) is 12.1 Å². The number of likely N-dealkylation sites (tertiary alicyclic amines) is 1. The Morgan fingerprint density at radius 3 is 3.11 bits per heavy atom. The molecule has 2 aromatic rings. The summed E-state index contributed by atoms with van der Waals surface area (Å²) in [5.74, 6) is 1.05. The third kappa shape index (κ3) is 2.28. The maximum absolute atomic E-state index is 12.3. The van der Waals surface area contributed by atoms with Gasteiger partial charge in [-0.2, -0.15) is 0 Å². The molecule has 1 aliphatic rings. The smallest absolute Gasteiger partial charge is 0.257 e. The zero-order valence-corrected chi connectivity index (χ0v) is 11.0. The van der Waals surface area contributed by atoms with Crippen molar-refractivity contribution in [2.24, 2.45) is 0 Å². The summed E-state index contributed by atoms with van der Waals surface area (Å²) in [4.78, 5) is 18.5. The summed E-state index contributed by atoms with van der Waals surface area (Å²) < 4.78 is 7.14. The summed E-state index contributed by atoms with van der Waals surface area (Å²) in [6.45, 7) is 3.55. The fraction of sp³-hybridized carbons (Fsp3) is 0.429. The van der Waals surface area contributed by atoms with Gasteiger partial charge in [-0.15, -0.1) is 0 Å². The highest BCUT2D eigenvalue weighted by Crippen LogP contribution is 2.23. The fourth-order valence-corrected chi connectivity index (χ4v) is 2.71. The maximum Gasteiger partial charge on any atom is 0.257 e. The molecule has 1 atom stereocenters. The van der Waals surface area contributed by atoms with Crippen molar-refractivity contribution in [2.75, 3.05) is 13.1 Å². The molecule has 0 bridgehead atoms. The van der Waals surface area contributed by atoms with E-state index in [1.54, 1.807) is 6.07 Å². The number of piperidine rings is 1. The number of furan rings is 1. The maximum atomic E-state index is 12.3. The quantitative estimate of drug-likeness (QED) is 0.831. The lowest BCUT2D eigenvalue weighted by molar-refractivity contribution is 0.0677. The first kappa shape index (κ1) is 12.0. The van der Waals surface area contributed by atoms with Crippen LogP contribution in [0.25, 0.3) is 0 Å². The standard InChI is InChI=1S/C14H17N3O2/c1-11-15-5-7-17(11)13-3-2-6-16(9-13)14(18)12-4-8-19-10-12/h4-5,7-8,10,13H,2-3,6,9H2,1H3/t13-/m1/s1. The second-order valence-electron chi connectivity index (χ2n) is 4.94. The molecule has 1 aliphatic heterocycles. The van der Waals surface area contributed by atoms with Crippen molar-refractivity contribution >= 4 is 5.91 Å². The Balaban J connectivity index is 1.75. The van der Waals surface area contributed by atoms with Crippen LogP contribution in [-0.2, 0) is 0 Å². The minimum atomic E-state index is 0.0521. The SMILES string of the molecule is Cc1nccn1[C@@H]1CCCN(C(=O)c2ccoc2)C1. The zero-order valence-electron chi connectivity index (χ0n) is 11.0. The second-order valence-corrected chi connectivity index (χ2v) is 4.94. The molecule has 3 rings (SSSR count). The van der Waals surface area contributed by atoms with Crippen LogP contribution < -0.4 is 0 Å². The van der Waals surface area contributed by atoms with Crippen molar-refractivity contribution in [1.29, 1.82) is 0 Å². The summed E-state index contributed by atoms with van der Waals surface area (Å²) in [5.41, 5.74) is 0.628. The minimum absolute atomic E-state index is 0.0521. The number of aromatic nitrogens is 2. The second kappa shape index (κ2) is 4.91. The van der Waals surface area contributed by atoms with Crippen molar-refractivity contribution in [2.45, 2.75) is 25.8 Å². The van der Waals surface area contributed by atoms with Gasteiger partial charge in [-0.05, 0) is 25.8 Å². The first-order valence-electron chi connectivity index (χ1n) is 6.56. The molecular weight excluding hydrogens is 242 g/mol. The molecule has 0 aliphatic carbocycles. The van der Waals surface area contributed by atoms with E-state index in [9.17, 15) is 4.79 Å². The van der Waals surface area contributed by atoms with E-state index in [4.69, 9.17) is 4.42 Å². The molecule has 0 spiro atoms. The molecule has 5 heteroatoms. The van der Waals surface area contributed by atoms with Gasteiger partial charge in [-0.25, -0.2) is 4.98 Å². The van der Waals surface area contributed by atoms with Crippen molar-refractivity contribution in [1.82, 2.24) is 14.5 Å². The molecule has 0 aromatic carbocycles. The van der Waals surface area contributed by atoms with Crippen LogP contribution in [0.3, 0.4) is 0 Å². The number of hydrogen-bond acceptors (Lipinski definition) is 3. The van der Waals surface area contributed by atoms with Gasteiger partial charge in [-0.1, -0.05) is 0 Å². The van der Waals surface area contributed by atoms with E-state index >= 15 is 0 Å². The molecule has 0 N–H and O–H groups in total. The molecule has 19 heavy (non-hydrogen) atoms. The number of hydrogen-bond donors (Lipinski definition) is 0. The van der Waals surface area contributed by atoms with Gasteiger partial charge in [-0.3, -0.25) is 4.79 Å². The molecule has 1 amide bonds. The van der Waals surface area contributed by atoms with Crippen LogP contribution >= 0.6 is 0 Å². The van der Waals surface area contributed by atoms with Gasteiger partial charge in [0.25, 0.3) is 5.91 Å². The van der Waals surface area contributed by atoms with E-state index in [0.717, 1.165) is 31.8 Å². The van der Waals surface area contributed by atoms with Crippen LogP contribution in [0.15, 0.2) is 35.4 Å². The topological polar surface area (TPSA) is 51.3 Å². The molecule has 3 heterocycles. The molecule has 0 saturated carbocycles. The molecular formula is C14H17N3O2. The predicted octanol–water partition coefficient (Wildman–Crippen LogP) is 2.26. The number of imidazole rings is 1. The number of aryl methyl sites for hydroxylation is 1. The number of nitrogens with zero attached hydrogens (tertiary/aromatic N) is 3. The van der Waals surface area contributed by atoms with Crippen LogP contribution in [0, 0.1) is 6.92 Å². The van der Waals surface area contributed by atoms with Gasteiger partial charge in [0.2, 0.25) is 0 Å². The average molecular weight is 259 g/mol. The first-order valence-corrected chi connectivity index (χ1v) is 6.56. The highest BCUT2D eigenvalue weighted by atomic mass is 16.3.